The molecule has 0 fully saturated rings. The molecule has 2 unspecified atom stereocenters. The Morgan fingerprint density at radius 3 is 2.75 bits per heavy atom. The van der Waals surface area contributed by atoms with Crippen molar-refractivity contribution in [3.05, 3.63) is 36.0 Å². The van der Waals surface area contributed by atoms with E-state index < -0.39 is 0 Å². The Morgan fingerprint density at radius 1 is 1.25 bits per heavy atom. The highest BCUT2D eigenvalue weighted by atomic mass is 16.5. The fourth-order valence-electron chi connectivity index (χ4n) is 2.30. The predicted octanol–water partition coefficient (Wildman–Crippen LogP) is 2.49. The lowest BCUT2D eigenvalue weighted by molar-refractivity contribution is 0.170. The van der Waals surface area contributed by atoms with Crippen LogP contribution >= 0.6 is 0 Å². The zero-order valence-electron chi connectivity index (χ0n) is 12.3. The van der Waals surface area contributed by atoms with Crippen LogP contribution in [-0.2, 0) is 6.54 Å². The molecular formula is C16H22N2O2. The van der Waals surface area contributed by atoms with Gasteiger partial charge in [-0.2, -0.15) is 0 Å². The quantitative estimate of drug-likeness (QED) is 0.850. The smallest absolute Gasteiger partial charge is 0.145 e. The van der Waals surface area contributed by atoms with Gasteiger partial charge in [-0.05, 0) is 32.4 Å². The Labute approximate surface area is 119 Å². The zero-order chi connectivity index (χ0) is 14.5. The van der Waals surface area contributed by atoms with Crippen molar-refractivity contribution in [3.63, 3.8) is 0 Å². The van der Waals surface area contributed by atoms with Gasteiger partial charge in [-0.15, -0.1) is 0 Å². The van der Waals surface area contributed by atoms with Crippen LogP contribution in [0.3, 0.4) is 0 Å². The Hall–Kier alpha value is -1.65. The molecule has 0 aliphatic carbocycles. The number of hydrogen-bond acceptors (Lipinski definition) is 4. The molecular weight excluding hydrogens is 252 g/mol. The van der Waals surface area contributed by atoms with Gasteiger partial charge in [-0.25, -0.2) is 4.98 Å². The first-order valence-corrected chi connectivity index (χ1v) is 6.94. The lowest BCUT2D eigenvalue weighted by atomic mass is 10.1. The van der Waals surface area contributed by atoms with E-state index in [4.69, 9.17) is 4.74 Å². The van der Waals surface area contributed by atoms with Crippen LogP contribution in [0.15, 0.2) is 30.3 Å². The minimum Gasteiger partial charge on any atom is -0.494 e. The molecule has 20 heavy (non-hydrogen) atoms. The minimum atomic E-state index is -0.290. The van der Waals surface area contributed by atoms with Gasteiger partial charge in [0.05, 0.1) is 18.9 Å². The average Bonchev–Trinajstić information content (AvgIpc) is 2.43. The molecule has 2 N–H and O–H groups in total. The molecule has 2 rings (SSSR count). The summed E-state index contributed by atoms with van der Waals surface area (Å²) in [5.74, 6) is 0.793. The Balaban J connectivity index is 2.11. The van der Waals surface area contributed by atoms with Gasteiger partial charge < -0.3 is 15.2 Å². The van der Waals surface area contributed by atoms with E-state index in [0.29, 0.717) is 6.54 Å². The molecule has 0 amide bonds. The van der Waals surface area contributed by atoms with Crippen molar-refractivity contribution in [2.75, 3.05) is 7.11 Å². The van der Waals surface area contributed by atoms with E-state index in [1.54, 1.807) is 14.0 Å². The maximum atomic E-state index is 9.36. The number of para-hydroxylation sites is 1. The van der Waals surface area contributed by atoms with Crippen LogP contribution in [0.2, 0.25) is 0 Å². The van der Waals surface area contributed by atoms with Gasteiger partial charge in [0, 0.05) is 18.0 Å². The van der Waals surface area contributed by atoms with E-state index >= 15 is 0 Å². The number of ether oxygens (including phenoxy) is 1. The molecule has 4 nitrogen and oxygen atoms in total. The molecule has 0 aliphatic heterocycles. The molecule has 2 atom stereocenters. The summed E-state index contributed by atoms with van der Waals surface area (Å²) in [6, 6.07) is 10.2. The van der Waals surface area contributed by atoms with Crippen LogP contribution in [0.1, 0.15) is 26.0 Å². The van der Waals surface area contributed by atoms with Crippen LogP contribution in [0, 0.1) is 0 Å². The van der Waals surface area contributed by atoms with Crippen LogP contribution < -0.4 is 10.1 Å². The predicted molar refractivity (Wildman–Crippen MR) is 80.9 cm³/mol. The third kappa shape index (κ3) is 3.68. The summed E-state index contributed by atoms with van der Waals surface area (Å²) in [4.78, 5) is 4.65. The summed E-state index contributed by atoms with van der Waals surface area (Å²) in [6.07, 6.45) is 0.443. The highest BCUT2D eigenvalue weighted by Crippen LogP contribution is 2.23. The van der Waals surface area contributed by atoms with Gasteiger partial charge >= 0.3 is 0 Å². The first-order chi connectivity index (χ1) is 9.60. The number of rotatable bonds is 6. The number of hydrogen-bond donors (Lipinski definition) is 2. The molecule has 0 radical (unpaired) electrons. The third-order valence-corrected chi connectivity index (χ3v) is 3.29. The molecule has 4 heteroatoms. The van der Waals surface area contributed by atoms with Gasteiger partial charge in [0.15, 0.2) is 0 Å². The van der Waals surface area contributed by atoms with Gasteiger partial charge in [0.1, 0.15) is 11.3 Å². The second-order valence-electron chi connectivity index (χ2n) is 5.20. The minimum absolute atomic E-state index is 0.255. The molecule has 2 aromatic rings. The third-order valence-electron chi connectivity index (χ3n) is 3.29. The molecule has 0 spiro atoms. The van der Waals surface area contributed by atoms with Crippen molar-refractivity contribution >= 4 is 10.9 Å². The molecule has 1 aromatic heterocycles. The van der Waals surface area contributed by atoms with Crippen LogP contribution in [0.25, 0.3) is 10.9 Å². The van der Waals surface area contributed by atoms with Crippen molar-refractivity contribution in [2.24, 2.45) is 0 Å². The number of methoxy groups -OCH3 is 1. The highest BCUT2D eigenvalue weighted by Gasteiger charge is 2.07. The van der Waals surface area contributed by atoms with Crippen molar-refractivity contribution in [1.82, 2.24) is 10.3 Å². The standard InChI is InChI=1S/C16H22N2O2/c1-11(9-12(2)19)17-10-14-8-7-13-5-4-6-15(20-3)16(13)18-14/h4-8,11-12,17,19H,9-10H2,1-3H3. The SMILES string of the molecule is COc1cccc2ccc(CNC(C)CC(C)O)nc12. The van der Waals surface area contributed by atoms with E-state index in [0.717, 1.165) is 28.8 Å². The average molecular weight is 274 g/mol. The van der Waals surface area contributed by atoms with E-state index in [1.807, 2.05) is 24.3 Å². The summed E-state index contributed by atoms with van der Waals surface area (Å²) in [6.45, 7) is 4.55. The van der Waals surface area contributed by atoms with Crippen molar-refractivity contribution < 1.29 is 9.84 Å². The Morgan fingerprint density at radius 2 is 2.05 bits per heavy atom. The van der Waals surface area contributed by atoms with Crippen LogP contribution in [-0.4, -0.2) is 29.3 Å². The summed E-state index contributed by atoms with van der Waals surface area (Å²) in [5, 5.41) is 13.8. The molecule has 1 aromatic carbocycles. The van der Waals surface area contributed by atoms with Gasteiger partial charge in [-0.3, -0.25) is 0 Å². The number of benzene rings is 1. The van der Waals surface area contributed by atoms with E-state index in [2.05, 4.69) is 23.3 Å². The number of nitrogens with zero attached hydrogens (tertiary/aromatic N) is 1. The summed E-state index contributed by atoms with van der Waals surface area (Å²) >= 11 is 0. The first kappa shape index (κ1) is 14.8. The Bertz CT molecular complexity index is 569. The van der Waals surface area contributed by atoms with Crippen LogP contribution in [0.4, 0.5) is 0 Å². The number of aliphatic hydroxyl groups is 1. The summed E-state index contributed by atoms with van der Waals surface area (Å²) < 4.78 is 5.34. The normalized spacial score (nSPS) is 14.2. The van der Waals surface area contributed by atoms with E-state index in [-0.39, 0.29) is 12.1 Å². The number of aromatic nitrogens is 1. The van der Waals surface area contributed by atoms with Gasteiger partial charge in [0.25, 0.3) is 0 Å². The lowest BCUT2D eigenvalue weighted by Crippen LogP contribution is -2.29. The topological polar surface area (TPSA) is 54.4 Å². The number of aliphatic hydroxyl groups excluding tert-OH is 1. The van der Waals surface area contributed by atoms with Crippen molar-refractivity contribution in [3.8, 4) is 5.75 Å². The second-order valence-corrected chi connectivity index (χ2v) is 5.20. The molecule has 1 heterocycles. The molecule has 108 valence electrons. The molecule has 0 aliphatic rings. The van der Waals surface area contributed by atoms with Crippen molar-refractivity contribution in [2.45, 2.75) is 39.0 Å². The van der Waals surface area contributed by atoms with Crippen LogP contribution in [0.5, 0.6) is 5.75 Å². The summed E-state index contributed by atoms with van der Waals surface area (Å²) in [5.41, 5.74) is 1.86. The van der Waals surface area contributed by atoms with E-state index in [9.17, 15) is 5.11 Å². The number of nitrogens with one attached hydrogen (secondary N) is 1. The first-order valence-electron chi connectivity index (χ1n) is 6.94. The fourth-order valence-corrected chi connectivity index (χ4v) is 2.30. The number of pyridine rings is 1. The maximum absolute atomic E-state index is 9.36. The zero-order valence-corrected chi connectivity index (χ0v) is 12.3. The molecule has 0 saturated carbocycles. The number of fused-ring (bicyclic) bond motifs is 1. The lowest BCUT2D eigenvalue weighted by Gasteiger charge is -2.15. The Kier molecular flexibility index (Phi) is 4.93. The van der Waals surface area contributed by atoms with Gasteiger partial charge in [0.2, 0.25) is 0 Å². The largest absolute Gasteiger partial charge is 0.494 e. The molecule has 0 saturated heterocycles. The summed E-state index contributed by atoms with van der Waals surface area (Å²) in [7, 11) is 1.66. The van der Waals surface area contributed by atoms with E-state index in [1.165, 1.54) is 0 Å². The monoisotopic (exact) mass is 274 g/mol. The molecule has 0 bridgehead atoms. The highest BCUT2D eigenvalue weighted by molar-refractivity contribution is 5.84. The fraction of sp³-hybridized carbons (Fsp3) is 0.438. The maximum Gasteiger partial charge on any atom is 0.145 e. The van der Waals surface area contributed by atoms with Gasteiger partial charge in [-0.1, -0.05) is 18.2 Å². The second kappa shape index (κ2) is 6.68. The van der Waals surface area contributed by atoms with Crippen molar-refractivity contribution in [1.29, 1.82) is 0 Å².